The molecule has 198 valence electrons. The fourth-order valence-corrected chi connectivity index (χ4v) is 2.91. The monoisotopic (exact) mass is 504 g/mol. The van der Waals surface area contributed by atoms with E-state index in [-0.39, 0.29) is 17.5 Å². The van der Waals surface area contributed by atoms with Crippen molar-refractivity contribution in [3.8, 4) is 5.75 Å². The molecule has 0 aromatic heterocycles. The normalized spacial score (nSPS) is 9.49. The highest BCUT2D eigenvalue weighted by Gasteiger charge is 1.97. The van der Waals surface area contributed by atoms with Crippen molar-refractivity contribution in [1.82, 2.24) is 0 Å². The van der Waals surface area contributed by atoms with Crippen molar-refractivity contribution < 1.29 is 4.74 Å². The summed E-state index contributed by atoms with van der Waals surface area (Å²) in [6.45, 7) is 8.62. The molecule has 0 unspecified atom stereocenters. The summed E-state index contributed by atoms with van der Waals surface area (Å²) < 4.78 is 5.23. The molecular formula is C28H40N8O. The van der Waals surface area contributed by atoms with E-state index in [2.05, 4.69) is 17.6 Å². The first-order valence-electron chi connectivity index (χ1n) is 12.2. The number of anilines is 2. The summed E-state index contributed by atoms with van der Waals surface area (Å²) in [4.78, 5) is 0. The van der Waals surface area contributed by atoms with Crippen molar-refractivity contribution in [1.29, 1.82) is 16.2 Å². The molecular weight excluding hydrogens is 464 g/mol. The topological polar surface area (TPSA) is 183 Å². The smallest absolute Gasteiger partial charge is 0.122 e. The van der Waals surface area contributed by atoms with Crippen LogP contribution in [-0.2, 0) is 0 Å². The third-order valence-electron chi connectivity index (χ3n) is 4.83. The van der Waals surface area contributed by atoms with Gasteiger partial charge in [-0.25, -0.2) is 0 Å². The van der Waals surface area contributed by atoms with Crippen LogP contribution in [0.2, 0.25) is 0 Å². The molecule has 0 saturated carbocycles. The summed E-state index contributed by atoms with van der Waals surface area (Å²) in [5.41, 5.74) is 20.3. The average molecular weight is 505 g/mol. The highest BCUT2D eigenvalue weighted by Crippen LogP contribution is 2.11. The standard InChI is InChI=1S/C10H15N3.C9H13N3.C9H12N2O/c1-2-7-13-9-5-3-8(4-6-9)10(11)12;2*1-2-12-8-5-3-7(4-6-8)9(10)11/h3-6,13H,2,7H2,1H3,(H3,11,12);3-6,12H,2H2,1H3,(H3,10,11);3-6H,2H2,1H3,(H3,10,11). The summed E-state index contributed by atoms with van der Waals surface area (Å²) >= 11 is 0. The van der Waals surface area contributed by atoms with Crippen molar-refractivity contribution >= 4 is 28.9 Å². The lowest BCUT2D eigenvalue weighted by molar-refractivity contribution is 0.340. The minimum absolute atomic E-state index is 0.0815. The van der Waals surface area contributed by atoms with E-state index in [0.29, 0.717) is 6.61 Å². The van der Waals surface area contributed by atoms with Gasteiger partial charge in [-0.3, -0.25) is 16.2 Å². The minimum Gasteiger partial charge on any atom is -0.494 e. The van der Waals surface area contributed by atoms with E-state index in [1.807, 2.05) is 62.4 Å². The molecule has 11 N–H and O–H groups in total. The number of nitrogens with one attached hydrogen (secondary N) is 5. The van der Waals surface area contributed by atoms with Gasteiger partial charge in [0.15, 0.2) is 0 Å². The maximum absolute atomic E-state index is 7.20. The number of rotatable bonds is 10. The second-order valence-corrected chi connectivity index (χ2v) is 7.81. The summed E-state index contributed by atoms with van der Waals surface area (Å²) in [6.07, 6.45) is 1.11. The summed E-state index contributed by atoms with van der Waals surface area (Å²) in [7, 11) is 0. The third-order valence-corrected chi connectivity index (χ3v) is 4.83. The molecule has 3 aromatic carbocycles. The van der Waals surface area contributed by atoms with Gasteiger partial charge in [0.05, 0.1) is 6.61 Å². The molecule has 0 heterocycles. The van der Waals surface area contributed by atoms with Crippen molar-refractivity contribution in [3.63, 3.8) is 0 Å². The first kappa shape index (κ1) is 30.5. The van der Waals surface area contributed by atoms with Crippen LogP contribution in [-0.4, -0.2) is 37.2 Å². The maximum atomic E-state index is 7.20. The Hall–Kier alpha value is -4.53. The predicted molar refractivity (Wildman–Crippen MR) is 156 cm³/mol. The van der Waals surface area contributed by atoms with E-state index in [0.717, 1.165) is 53.3 Å². The van der Waals surface area contributed by atoms with Gasteiger partial charge >= 0.3 is 0 Å². The van der Waals surface area contributed by atoms with Gasteiger partial charge < -0.3 is 32.6 Å². The summed E-state index contributed by atoms with van der Waals surface area (Å²) in [6, 6.07) is 22.2. The SMILES string of the molecule is CCCNc1ccc(C(=N)N)cc1.CCNc1ccc(C(=N)N)cc1.CCOc1ccc(C(=N)N)cc1. The van der Waals surface area contributed by atoms with Crippen LogP contribution in [0.25, 0.3) is 0 Å². The largest absolute Gasteiger partial charge is 0.494 e. The Balaban J connectivity index is 0.000000278. The van der Waals surface area contributed by atoms with Crippen LogP contribution >= 0.6 is 0 Å². The second kappa shape index (κ2) is 17.0. The van der Waals surface area contributed by atoms with Gasteiger partial charge in [-0.2, -0.15) is 0 Å². The Labute approximate surface area is 219 Å². The highest BCUT2D eigenvalue weighted by molar-refractivity contribution is 5.96. The minimum atomic E-state index is 0.0815. The van der Waals surface area contributed by atoms with Crippen molar-refractivity contribution in [2.45, 2.75) is 27.2 Å². The Bertz CT molecular complexity index is 1040. The van der Waals surface area contributed by atoms with Gasteiger partial charge in [-0.1, -0.05) is 6.92 Å². The molecule has 0 atom stereocenters. The predicted octanol–water partition coefficient (Wildman–Crippen LogP) is 4.56. The number of hydrogen-bond donors (Lipinski definition) is 8. The molecule has 9 nitrogen and oxygen atoms in total. The number of amidine groups is 3. The Morgan fingerprint density at radius 1 is 0.622 bits per heavy atom. The Morgan fingerprint density at radius 2 is 1.00 bits per heavy atom. The van der Waals surface area contributed by atoms with E-state index in [4.69, 9.17) is 38.2 Å². The van der Waals surface area contributed by atoms with Crippen molar-refractivity contribution in [2.75, 3.05) is 30.3 Å². The summed E-state index contributed by atoms with van der Waals surface area (Å²) in [5.74, 6) is 1.11. The van der Waals surface area contributed by atoms with Crippen LogP contribution in [0, 0.1) is 16.2 Å². The van der Waals surface area contributed by atoms with Crippen LogP contribution in [0.1, 0.15) is 43.9 Å². The van der Waals surface area contributed by atoms with E-state index in [1.54, 1.807) is 24.3 Å². The zero-order valence-corrected chi connectivity index (χ0v) is 21.9. The lowest BCUT2D eigenvalue weighted by atomic mass is 10.2. The molecule has 0 radical (unpaired) electrons. The highest BCUT2D eigenvalue weighted by atomic mass is 16.5. The van der Waals surface area contributed by atoms with Crippen molar-refractivity contribution in [2.24, 2.45) is 17.2 Å². The number of nitrogen functional groups attached to an aromatic ring is 3. The molecule has 3 aromatic rings. The maximum Gasteiger partial charge on any atom is 0.122 e. The number of benzene rings is 3. The van der Waals surface area contributed by atoms with Gasteiger partial charge in [0.1, 0.15) is 23.3 Å². The van der Waals surface area contributed by atoms with Crippen LogP contribution < -0.4 is 32.6 Å². The average Bonchev–Trinajstić information content (AvgIpc) is 2.89. The van der Waals surface area contributed by atoms with Gasteiger partial charge in [0, 0.05) is 41.2 Å². The fourth-order valence-electron chi connectivity index (χ4n) is 2.91. The molecule has 0 aliphatic heterocycles. The first-order valence-corrected chi connectivity index (χ1v) is 12.2. The van der Waals surface area contributed by atoms with Gasteiger partial charge in [0.25, 0.3) is 0 Å². The van der Waals surface area contributed by atoms with E-state index in [9.17, 15) is 0 Å². The number of nitrogens with two attached hydrogens (primary N) is 3. The zero-order chi connectivity index (χ0) is 27.6. The first-order chi connectivity index (χ1) is 17.7. The van der Waals surface area contributed by atoms with Crippen LogP contribution in [0.4, 0.5) is 11.4 Å². The van der Waals surface area contributed by atoms with Gasteiger partial charge in [-0.05, 0) is 93.1 Å². The quantitative estimate of drug-likeness (QED) is 0.148. The van der Waals surface area contributed by atoms with Crippen LogP contribution in [0.15, 0.2) is 72.8 Å². The molecule has 0 aliphatic carbocycles. The second-order valence-electron chi connectivity index (χ2n) is 7.81. The molecule has 3 rings (SSSR count). The molecule has 0 bridgehead atoms. The molecule has 0 spiro atoms. The van der Waals surface area contributed by atoms with Gasteiger partial charge in [0.2, 0.25) is 0 Å². The number of ether oxygens (including phenoxy) is 1. The molecule has 37 heavy (non-hydrogen) atoms. The molecule has 9 heteroatoms. The molecule has 0 saturated heterocycles. The lowest BCUT2D eigenvalue weighted by Crippen LogP contribution is -2.10. The zero-order valence-electron chi connectivity index (χ0n) is 21.9. The summed E-state index contributed by atoms with van der Waals surface area (Å²) in [5, 5.41) is 27.9. The van der Waals surface area contributed by atoms with Gasteiger partial charge in [-0.15, -0.1) is 0 Å². The lowest BCUT2D eigenvalue weighted by Gasteiger charge is -2.04. The van der Waals surface area contributed by atoms with Crippen molar-refractivity contribution in [3.05, 3.63) is 89.5 Å². The van der Waals surface area contributed by atoms with E-state index >= 15 is 0 Å². The Kier molecular flexibility index (Phi) is 14.0. The van der Waals surface area contributed by atoms with Crippen LogP contribution in [0.5, 0.6) is 5.75 Å². The molecule has 0 amide bonds. The van der Waals surface area contributed by atoms with E-state index in [1.165, 1.54) is 0 Å². The Morgan fingerprint density at radius 3 is 1.32 bits per heavy atom. The fraction of sp³-hybridized carbons (Fsp3) is 0.250. The number of hydrogen-bond acceptors (Lipinski definition) is 6. The molecule has 0 aliphatic rings. The van der Waals surface area contributed by atoms with E-state index < -0.39 is 0 Å². The van der Waals surface area contributed by atoms with Crippen LogP contribution in [0.3, 0.4) is 0 Å². The third kappa shape index (κ3) is 12.1. The molecule has 0 fully saturated rings.